The van der Waals surface area contributed by atoms with E-state index in [1.165, 1.54) is 24.1 Å². The van der Waals surface area contributed by atoms with Gasteiger partial charge in [-0.05, 0) is 48.7 Å². The van der Waals surface area contributed by atoms with Gasteiger partial charge in [0.05, 0.1) is 30.8 Å². The first-order chi connectivity index (χ1) is 18.7. The number of hydrogen-bond donors (Lipinski definition) is 0. The van der Waals surface area contributed by atoms with Crippen LogP contribution in [0.2, 0.25) is 0 Å². The first-order valence-electron chi connectivity index (χ1n) is 12.7. The van der Waals surface area contributed by atoms with Crippen molar-refractivity contribution in [3.63, 3.8) is 0 Å². The fraction of sp³-hybridized carbons (Fsp3) is 0.300. The molecule has 202 valence electrons. The van der Waals surface area contributed by atoms with Crippen LogP contribution in [0.4, 0.5) is 18.0 Å². The lowest BCUT2D eigenvalue weighted by molar-refractivity contribution is -0.137. The van der Waals surface area contributed by atoms with Crippen molar-refractivity contribution >= 4 is 17.6 Å². The summed E-state index contributed by atoms with van der Waals surface area (Å²) in [6, 6.07) is 18.0. The number of rotatable bonds is 4. The van der Waals surface area contributed by atoms with Crippen molar-refractivity contribution in [3.05, 3.63) is 101 Å². The zero-order chi connectivity index (χ0) is 27.7. The number of Topliss-reactive ketones (excluding diaryl/α,β-unsaturated/α-hetero) is 1. The van der Waals surface area contributed by atoms with Crippen LogP contribution in [0, 0.1) is 6.92 Å². The third-order valence-electron chi connectivity index (χ3n) is 7.11. The fourth-order valence-corrected chi connectivity index (χ4v) is 5.24. The van der Waals surface area contributed by atoms with Gasteiger partial charge in [0.25, 0.3) is 0 Å². The maximum absolute atomic E-state index is 14.2. The number of urea groups is 1. The highest BCUT2D eigenvalue weighted by Gasteiger charge is 2.45. The molecule has 39 heavy (non-hydrogen) atoms. The van der Waals surface area contributed by atoms with Crippen LogP contribution in [-0.2, 0) is 11.0 Å². The number of halogens is 3. The van der Waals surface area contributed by atoms with E-state index in [4.69, 9.17) is 9.73 Å². The minimum atomic E-state index is -4.47. The Bertz CT molecular complexity index is 1420. The lowest BCUT2D eigenvalue weighted by Gasteiger charge is -2.35. The van der Waals surface area contributed by atoms with E-state index >= 15 is 0 Å². The molecule has 9 heteroatoms. The van der Waals surface area contributed by atoms with Gasteiger partial charge in [0.2, 0.25) is 0 Å². The molecule has 2 unspecified atom stereocenters. The number of aliphatic imine (C=N–C) groups is 1. The maximum Gasteiger partial charge on any atom is 0.416 e. The van der Waals surface area contributed by atoms with Crippen LogP contribution in [0.15, 0.2) is 77.8 Å². The molecule has 5 rings (SSSR count). The van der Waals surface area contributed by atoms with E-state index in [2.05, 4.69) is 0 Å². The van der Waals surface area contributed by atoms with E-state index in [0.29, 0.717) is 42.1 Å². The predicted molar refractivity (Wildman–Crippen MR) is 141 cm³/mol. The van der Waals surface area contributed by atoms with Crippen molar-refractivity contribution in [2.45, 2.75) is 38.0 Å². The van der Waals surface area contributed by atoms with Gasteiger partial charge in [-0.15, -0.1) is 0 Å². The third kappa shape index (κ3) is 5.26. The molecule has 1 saturated heterocycles. The summed E-state index contributed by atoms with van der Waals surface area (Å²) < 4.78 is 45.6. The Hall–Kier alpha value is -4.14. The second-order valence-corrected chi connectivity index (χ2v) is 9.79. The third-order valence-corrected chi connectivity index (χ3v) is 7.11. The number of nitrogens with zero attached hydrogens (tertiary/aromatic N) is 3. The highest BCUT2D eigenvalue weighted by atomic mass is 19.4. The van der Waals surface area contributed by atoms with Crippen LogP contribution in [0.25, 0.3) is 0 Å². The molecule has 2 heterocycles. The molecule has 2 atom stereocenters. The second kappa shape index (κ2) is 10.6. The number of carbonyl (C=O) groups is 2. The van der Waals surface area contributed by atoms with Gasteiger partial charge >= 0.3 is 12.2 Å². The van der Waals surface area contributed by atoms with Crippen molar-refractivity contribution in [1.29, 1.82) is 0 Å². The summed E-state index contributed by atoms with van der Waals surface area (Å²) in [5, 5.41) is 0. The second-order valence-electron chi connectivity index (χ2n) is 9.79. The average molecular weight is 536 g/mol. The van der Waals surface area contributed by atoms with Crippen molar-refractivity contribution in [2.75, 3.05) is 20.2 Å². The minimum Gasteiger partial charge on any atom is -0.496 e. The van der Waals surface area contributed by atoms with E-state index in [-0.39, 0.29) is 18.4 Å². The fourth-order valence-electron chi connectivity index (χ4n) is 5.24. The number of piperidine rings is 1. The van der Waals surface area contributed by atoms with Gasteiger partial charge in [-0.3, -0.25) is 14.7 Å². The van der Waals surface area contributed by atoms with E-state index < -0.39 is 23.8 Å². The number of carbonyl (C=O) groups excluding carboxylic acids is 2. The van der Waals surface area contributed by atoms with Gasteiger partial charge in [-0.25, -0.2) is 4.79 Å². The molecular formula is C30H28F3N3O3. The lowest BCUT2D eigenvalue weighted by atomic mass is 9.92. The lowest BCUT2D eigenvalue weighted by Crippen LogP contribution is -2.50. The number of aryl methyl sites for hydroxylation is 1. The normalized spacial score (nSPS) is 19.7. The van der Waals surface area contributed by atoms with E-state index in [1.807, 2.05) is 31.2 Å². The average Bonchev–Trinajstić information content (AvgIpc) is 3.32. The number of ketones is 1. The smallest absolute Gasteiger partial charge is 0.416 e. The first-order valence-corrected chi connectivity index (χ1v) is 12.7. The number of amides is 2. The van der Waals surface area contributed by atoms with Crippen LogP contribution >= 0.6 is 0 Å². The van der Waals surface area contributed by atoms with Gasteiger partial charge in [-0.1, -0.05) is 54.1 Å². The van der Waals surface area contributed by atoms with Crippen LogP contribution in [-0.4, -0.2) is 47.6 Å². The summed E-state index contributed by atoms with van der Waals surface area (Å²) in [7, 11) is 1.52. The number of ether oxygens (including phenoxy) is 1. The Morgan fingerprint density at radius 3 is 2.41 bits per heavy atom. The van der Waals surface area contributed by atoms with Crippen LogP contribution in [0.5, 0.6) is 5.75 Å². The number of para-hydroxylation sites is 1. The Balaban J connectivity index is 1.69. The Labute approximate surface area is 224 Å². The quantitative estimate of drug-likeness (QED) is 0.391. The van der Waals surface area contributed by atoms with Gasteiger partial charge in [0, 0.05) is 13.0 Å². The molecule has 0 N–H and O–H groups in total. The minimum absolute atomic E-state index is 0.0000215. The number of alkyl halides is 3. The van der Waals surface area contributed by atoms with Crippen molar-refractivity contribution in [2.24, 2.45) is 4.99 Å². The van der Waals surface area contributed by atoms with Gasteiger partial charge in [-0.2, -0.15) is 13.2 Å². The Kier molecular flexibility index (Phi) is 7.16. The molecule has 2 aliphatic heterocycles. The molecule has 0 bridgehead atoms. The highest BCUT2D eigenvalue weighted by molar-refractivity contribution is 6.11. The zero-order valence-electron chi connectivity index (χ0n) is 21.6. The molecule has 0 aromatic heterocycles. The van der Waals surface area contributed by atoms with Crippen molar-refractivity contribution < 1.29 is 27.5 Å². The summed E-state index contributed by atoms with van der Waals surface area (Å²) in [6.45, 7) is 2.36. The molecular weight excluding hydrogens is 507 g/mol. The molecule has 6 nitrogen and oxygen atoms in total. The molecule has 0 aliphatic carbocycles. The monoisotopic (exact) mass is 535 g/mol. The van der Waals surface area contributed by atoms with Gasteiger partial charge in [0.1, 0.15) is 17.6 Å². The molecule has 2 amide bonds. The topological polar surface area (TPSA) is 62.2 Å². The highest BCUT2D eigenvalue weighted by Crippen LogP contribution is 2.45. The molecule has 0 radical (unpaired) electrons. The summed E-state index contributed by atoms with van der Waals surface area (Å²) in [5.74, 6) is 0.822. The number of likely N-dealkylation sites (tertiary alicyclic amines) is 1. The maximum atomic E-state index is 14.2. The Morgan fingerprint density at radius 2 is 1.74 bits per heavy atom. The molecule has 3 aromatic rings. The summed E-state index contributed by atoms with van der Waals surface area (Å²) in [6.07, 6.45) is -3.48. The molecule has 2 aliphatic rings. The molecule has 3 aromatic carbocycles. The van der Waals surface area contributed by atoms with Gasteiger partial charge in [0.15, 0.2) is 5.78 Å². The van der Waals surface area contributed by atoms with Crippen LogP contribution in [0.3, 0.4) is 0 Å². The van der Waals surface area contributed by atoms with Crippen LogP contribution < -0.4 is 4.74 Å². The first kappa shape index (κ1) is 26.5. The molecule has 0 saturated carbocycles. The largest absolute Gasteiger partial charge is 0.496 e. The van der Waals surface area contributed by atoms with E-state index in [9.17, 15) is 22.8 Å². The summed E-state index contributed by atoms with van der Waals surface area (Å²) in [4.78, 5) is 34.6. The summed E-state index contributed by atoms with van der Waals surface area (Å²) >= 11 is 0. The van der Waals surface area contributed by atoms with Crippen molar-refractivity contribution in [1.82, 2.24) is 9.80 Å². The van der Waals surface area contributed by atoms with E-state index in [1.54, 1.807) is 29.2 Å². The van der Waals surface area contributed by atoms with Crippen molar-refractivity contribution in [3.8, 4) is 5.75 Å². The standard InChI is InChI=1S/C30H28F3N3O3/c1-19-7-5-8-21(17-19)27-26(20-12-14-22(15-13-20)30(31,32)33)34-28(24-10-3-4-11-25(24)39-2)36(27)29(38)35-16-6-9-23(37)18-35/h3-5,7-8,10-15,17,26-27H,6,9,16,18H2,1-2H3. The van der Waals surface area contributed by atoms with E-state index in [0.717, 1.165) is 23.3 Å². The summed E-state index contributed by atoms with van der Waals surface area (Å²) in [5.41, 5.74) is 2.09. The SMILES string of the molecule is COc1ccccc1C1=NC(c2ccc(C(F)(F)F)cc2)C(c2cccc(C)c2)N1C(=O)N1CCCC(=O)C1. The number of benzene rings is 3. The Morgan fingerprint density at radius 1 is 1.00 bits per heavy atom. The number of methoxy groups -OCH3 is 1. The zero-order valence-corrected chi connectivity index (χ0v) is 21.6. The predicted octanol–water partition coefficient (Wildman–Crippen LogP) is 6.35. The molecule has 0 spiro atoms. The van der Waals surface area contributed by atoms with Gasteiger partial charge < -0.3 is 9.64 Å². The number of hydrogen-bond acceptors (Lipinski definition) is 4. The van der Waals surface area contributed by atoms with Crippen LogP contribution in [0.1, 0.15) is 52.7 Å². The molecule has 1 fully saturated rings. The number of amidine groups is 1.